The summed E-state index contributed by atoms with van der Waals surface area (Å²) in [5.41, 5.74) is 1.88. The summed E-state index contributed by atoms with van der Waals surface area (Å²) in [4.78, 5) is 11.1. The highest BCUT2D eigenvalue weighted by atomic mass is 19.1. The fourth-order valence-corrected chi connectivity index (χ4v) is 1.85. The smallest absolute Gasteiger partial charge is 0.339 e. The molecule has 0 saturated heterocycles. The van der Waals surface area contributed by atoms with E-state index in [4.69, 9.17) is 9.84 Å². The third-order valence-corrected chi connectivity index (χ3v) is 2.88. The molecule has 0 aliphatic carbocycles. The van der Waals surface area contributed by atoms with E-state index in [9.17, 15) is 9.18 Å². The maximum atomic E-state index is 14.0. The molecule has 0 spiro atoms. The van der Waals surface area contributed by atoms with Gasteiger partial charge in [0.2, 0.25) is 0 Å². The SMILES string of the molecule is COc1cc(F)c(-c2ccc(C)cc2)cc1C(=O)O. The Balaban J connectivity index is 2.60. The zero-order valence-electron chi connectivity index (χ0n) is 10.6. The van der Waals surface area contributed by atoms with Gasteiger partial charge in [-0.2, -0.15) is 0 Å². The Morgan fingerprint density at radius 1 is 1.21 bits per heavy atom. The molecule has 19 heavy (non-hydrogen) atoms. The lowest BCUT2D eigenvalue weighted by atomic mass is 10.0. The molecule has 0 heterocycles. The molecule has 0 aromatic heterocycles. The van der Waals surface area contributed by atoms with Gasteiger partial charge in [-0.05, 0) is 18.6 Å². The average Bonchev–Trinajstić information content (AvgIpc) is 2.39. The number of hydrogen-bond acceptors (Lipinski definition) is 2. The number of carbonyl (C=O) groups is 1. The van der Waals surface area contributed by atoms with Crippen molar-refractivity contribution in [2.75, 3.05) is 7.11 Å². The number of benzene rings is 2. The van der Waals surface area contributed by atoms with E-state index in [1.54, 1.807) is 12.1 Å². The predicted octanol–water partition coefficient (Wildman–Crippen LogP) is 3.51. The van der Waals surface area contributed by atoms with E-state index in [0.29, 0.717) is 5.56 Å². The minimum atomic E-state index is -1.15. The van der Waals surface area contributed by atoms with Gasteiger partial charge in [0.05, 0.1) is 7.11 Å². The molecule has 98 valence electrons. The lowest BCUT2D eigenvalue weighted by Crippen LogP contribution is -2.02. The molecule has 0 aliphatic heterocycles. The van der Waals surface area contributed by atoms with Crippen LogP contribution in [0.15, 0.2) is 36.4 Å². The first-order valence-corrected chi connectivity index (χ1v) is 5.71. The largest absolute Gasteiger partial charge is 0.496 e. The van der Waals surface area contributed by atoms with Crippen LogP contribution in [-0.2, 0) is 0 Å². The summed E-state index contributed by atoms with van der Waals surface area (Å²) >= 11 is 0. The number of aryl methyl sites for hydroxylation is 1. The van der Waals surface area contributed by atoms with Crippen molar-refractivity contribution in [3.05, 3.63) is 53.3 Å². The van der Waals surface area contributed by atoms with Gasteiger partial charge in [-0.25, -0.2) is 9.18 Å². The highest BCUT2D eigenvalue weighted by Gasteiger charge is 2.16. The van der Waals surface area contributed by atoms with Crippen LogP contribution in [0.25, 0.3) is 11.1 Å². The summed E-state index contributed by atoms with van der Waals surface area (Å²) in [7, 11) is 1.31. The van der Waals surface area contributed by atoms with Crippen LogP contribution in [-0.4, -0.2) is 18.2 Å². The van der Waals surface area contributed by atoms with Crippen LogP contribution in [0.1, 0.15) is 15.9 Å². The van der Waals surface area contributed by atoms with E-state index in [1.165, 1.54) is 13.2 Å². The topological polar surface area (TPSA) is 46.5 Å². The molecule has 0 radical (unpaired) electrons. The molecular formula is C15H13FO3. The molecule has 4 heteroatoms. The number of ether oxygens (including phenoxy) is 1. The molecule has 0 bridgehead atoms. The summed E-state index contributed by atoms with van der Waals surface area (Å²) in [6, 6.07) is 9.59. The van der Waals surface area contributed by atoms with Crippen molar-refractivity contribution in [1.29, 1.82) is 0 Å². The summed E-state index contributed by atoms with van der Waals surface area (Å²) in [6.45, 7) is 1.93. The number of methoxy groups -OCH3 is 1. The molecule has 0 atom stereocenters. The van der Waals surface area contributed by atoms with Gasteiger partial charge in [-0.3, -0.25) is 0 Å². The van der Waals surface area contributed by atoms with Gasteiger partial charge in [0.15, 0.2) is 0 Å². The summed E-state index contributed by atoms with van der Waals surface area (Å²) in [6.07, 6.45) is 0. The Kier molecular flexibility index (Phi) is 3.51. The second kappa shape index (κ2) is 5.10. The summed E-state index contributed by atoms with van der Waals surface area (Å²) in [5, 5.41) is 9.10. The molecule has 2 aromatic rings. The zero-order valence-corrected chi connectivity index (χ0v) is 10.6. The number of halogens is 1. The van der Waals surface area contributed by atoms with E-state index < -0.39 is 11.8 Å². The van der Waals surface area contributed by atoms with Crippen LogP contribution in [0.4, 0.5) is 4.39 Å². The van der Waals surface area contributed by atoms with Gasteiger partial charge in [0.25, 0.3) is 0 Å². The number of rotatable bonds is 3. The first-order valence-electron chi connectivity index (χ1n) is 5.71. The van der Waals surface area contributed by atoms with Crippen LogP contribution < -0.4 is 4.74 Å². The van der Waals surface area contributed by atoms with Crippen LogP contribution >= 0.6 is 0 Å². The monoisotopic (exact) mass is 260 g/mol. The van der Waals surface area contributed by atoms with Gasteiger partial charge in [0, 0.05) is 11.6 Å². The maximum Gasteiger partial charge on any atom is 0.339 e. The van der Waals surface area contributed by atoms with Crippen molar-refractivity contribution in [3.63, 3.8) is 0 Å². The number of aromatic carboxylic acids is 1. The van der Waals surface area contributed by atoms with Crippen molar-refractivity contribution < 1.29 is 19.0 Å². The second-order valence-corrected chi connectivity index (χ2v) is 4.20. The molecule has 0 amide bonds. The van der Waals surface area contributed by atoms with E-state index in [1.807, 2.05) is 19.1 Å². The first-order chi connectivity index (χ1) is 9.02. The van der Waals surface area contributed by atoms with Crippen molar-refractivity contribution in [1.82, 2.24) is 0 Å². The minimum Gasteiger partial charge on any atom is -0.496 e. The molecule has 3 nitrogen and oxygen atoms in total. The van der Waals surface area contributed by atoms with E-state index >= 15 is 0 Å². The minimum absolute atomic E-state index is 0.0147. The van der Waals surface area contributed by atoms with Gasteiger partial charge in [-0.15, -0.1) is 0 Å². The standard InChI is InChI=1S/C15H13FO3/c1-9-3-5-10(6-4-9)11-7-12(15(17)18)14(19-2)8-13(11)16/h3-8H,1-2H3,(H,17,18). The van der Waals surface area contributed by atoms with Gasteiger partial charge in [-0.1, -0.05) is 29.8 Å². The molecule has 0 unspecified atom stereocenters. The molecule has 0 fully saturated rings. The van der Waals surface area contributed by atoms with Crippen molar-refractivity contribution in [3.8, 4) is 16.9 Å². The van der Waals surface area contributed by atoms with Crippen LogP contribution in [0.2, 0.25) is 0 Å². The Morgan fingerprint density at radius 2 is 1.84 bits per heavy atom. The Morgan fingerprint density at radius 3 is 2.37 bits per heavy atom. The van der Waals surface area contributed by atoms with Crippen LogP contribution in [0.5, 0.6) is 5.75 Å². The third kappa shape index (κ3) is 2.57. The summed E-state index contributed by atoms with van der Waals surface area (Å²) < 4.78 is 18.9. The van der Waals surface area contributed by atoms with Gasteiger partial charge >= 0.3 is 5.97 Å². The Bertz CT molecular complexity index is 618. The predicted molar refractivity (Wildman–Crippen MR) is 70.1 cm³/mol. The third-order valence-electron chi connectivity index (χ3n) is 2.88. The molecule has 1 N–H and O–H groups in total. The lowest BCUT2D eigenvalue weighted by Gasteiger charge is -2.09. The first kappa shape index (κ1) is 13.1. The Labute approximate surface area is 110 Å². The summed E-state index contributed by atoms with van der Waals surface area (Å²) in [5.74, 6) is -1.64. The molecule has 2 aromatic carbocycles. The Hall–Kier alpha value is -2.36. The zero-order chi connectivity index (χ0) is 14.0. The second-order valence-electron chi connectivity index (χ2n) is 4.20. The fraction of sp³-hybridized carbons (Fsp3) is 0.133. The van der Waals surface area contributed by atoms with E-state index in [0.717, 1.165) is 11.6 Å². The van der Waals surface area contributed by atoms with Crippen LogP contribution in [0, 0.1) is 12.7 Å². The quantitative estimate of drug-likeness (QED) is 0.918. The number of hydrogen-bond donors (Lipinski definition) is 1. The van der Waals surface area contributed by atoms with Crippen LogP contribution in [0.3, 0.4) is 0 Å². The molecule has 0 saturated carbocycles. The van der Waals surface area contributed by atoms with E-state index in [-0.39, 0.29) is 16.9 Å². The number of carboxylic acid groups (broad SMARTS) is 1. The normalized spacial score (nSPS) is 10.3. The molecular weight excluding hydrogens is 247 g/mol. The van der Waals surface area contributed by atoms with E-state index in [2.05, 4.69) is 0 Å². The van der Waals surface area contributed by atoms with Gasteiger partial charge in [0.1, 0.15) is 17.1 Å². The van der Waals surface area contributed by atoms with Gasteiger partial charge < -0.3 is 9.84 Å². The highest BCUT2D eigenvalue weighted by molar-refractivity contribution is 5.92. The fourth-order valence-electron chi connectivity index (χ4n) is 1.85. The average molecular weight is 260 g/mol. The highest BCUT2D eigenvalue weighted by Crippen LogP contribution is 2.30. The lowest BCUT2D eigenvalue weighted by molar-refractivity contribution is 0.0693. The van der Waals surface area contributed by atoms with Crippen molar-refractivity contribution in [2.45, 2.75) is 6.92 Å². The van der Waals surface area contributed by atoms with Crippen molar-refractivity contribution in [2.24, 2.45) is 0 Å². The van der Waals surface area contributed by atoms with Crippen molar-refractivity contribution >= 4 is 5.97 Å². The number of carboxylic acids is 1. The maximum absolute atomic E-state index is 14.0. The molecule has 2 rings (SSSR count). The molecule has 0 aliphatic rings.